The lowest BCUT2D eigenvalue weighted by Gasteiger charge is -2.14. The second kappa shape index (κ2) is 7.58. The van der Waals surface area contributed by atoms with Crippen LogP contribution in [0.15, 0.2) is 60.7 Å². The van der Waals surface area contributed by atoms with Gasteiger partial charge < -0.3 is 15.2 Å². The summed E-state index contributed by atoms with van der Waals surface area (Å²) in [7, 11) is 0. The molecule has 6 heteroatoms. The summed E-state index contributed by atoms with van der Waals surface area (Å²) in [6.45, 7) is 1.44. The molecule has 0 radical (unpaired) electrons. The van der Waals surface area contributed by atoms with Crippen molar-refractivity contribution in [3.8, 4) is 11.8 Å². The third-order valence-electron chi connectivity index (χ3n) is 4.02. The number of ether oxygens (including phenoxy) is 1. The highest BCUT2D eigenvalue weighted by Crippen LogP contribution is 2.26. The fraction of sp³-hybridized carbons (Fsp3) is 0.0952. The quantitative estimate of drug-likeness (QED) is 0.693. The van der Waals surface area contributed by atoms with Crippen molar-refractivity contribution in [2.75, 3.05) is 5.32 Å². The Morgan fingerprint density at radius 3 is 2.33 bits per heavy atom. The number of nitrogens with one attached hydrogen (secondary N) is 1. The molecule has 0 aliphatic rings. The minimum Gasteiger partial charge on any atom is -0.507 e. The smallest absolute Gasteiger partial charge is 0.342 e. The maximum Gasteiger partial charge on any atom is 0.342 e. The number of anilines is 1. The number of nitriles is 1. The molecule has 1 atom stereocenters. The zero-order valence-corrected chi connectivity index (χ0v) is 14.5. The third kappa shape index (κ3) is 4.05. The summed E-state index contributed by atoms with van der Waals surface area (Å²) in [5, 5.41) is 23.0. The van der Waals surface area contributed by atoms with Crippen molar-refractivity contribution in [1.29, 1.82) is 5.26 Å². The zero-order valence-electron chi connectivity index (χ0n) is 14.5. The lowest BCUT2D eigenvalue weighted by atomic mass is 10.1. The van der Waals surface area contributed by atoms with Gasteiger partial charge in [0.15, 0.2) is 6.10 Å². The number of hydrogen-bond acceptors (Lipinski definition) is 5. The van der Waals surface area contributed by atoms with E-state index in [9.17, 15) is 14.7 Å². The van der Waals surface area contributed by atoms with Crippen LogP contribution < -0.4 is 5.32 Å². The van der Waals surface area contributed by atoms with Gasteiger partial charge in [0, 0.05) is 5.69 Å². The minimum atomic E-state index is -1.07. The van der Waals surface area contributed by atoms with Gasteiger partial charge in [0.25, 0.3) is 5.91 Å². The van der Waals surface area contributed by atoms with E-state index in [1.165, 1.54) is 19.1 Å². The number of phenolic OH excluding ortho intramolecular Hbond substituents is 1. The lowest BCUT2D eigenvalue weighted by Crippen LogP contribution is -2.30. The molecule has 0 saturated carbocycles. The average Bonchev–Trinajstić information content (AvgIpc) is 2.67. The average molecular weight is 360 g/mol. The van der Waals surface area contributed by atoms with Crippen LogP contribution in [0.25, 0.3) is 10.8 Å². The Morgan fingerprint density at radius 1 is 1.07 bits per heavy atom. The van der Waals surface area contributed by atoms with E-state index >= 15 is 0 Å². The molecule has 6 nitrogen and oxygen atoms in total. The molecule has 1 amide bonds. The minimum absolute atomic E-state index is 0.00766. The van der Waals surface area contributed by atoms with E-state index in [2.05, 4.69) is 5.32 Å². The molecule has 0 aromatic heterocycles. The fourth-order valence-corrected chi connectivity index (χ4v) is 2.54. The van der Waals surface area contributed by atoms with Gasteiger partial charge in [-0.15, -0.1) is 0 Å². The molecule has 0 heterocycles. The topological polar surface area (TPSA) is 99.4 Å². The van der Waals surface area contributed by atoms with Gasteiger partial charge in [-0.3, -0.25) is 4.79 Å². The predicted octanol–water partition coefficient (Wildman–Crippen LogP) is 3.60. The number of carbonyl (C=O) groups is 2. The Labute approximate surface area is 155 Å². The van der Waals surface area contributed by atoms with Gasteiger partial charge in [0.2, 0.25) is 0 Å². The molecule has 0 saturated heterocycles. The summed E-state index contributed by atoms with van der Waals surface area (Å²) in [6, 6.07) is 18.6. The van der Waals surface area contributed by atoms with Crippen LogP contribution in [-0.2, 0) is 9.53 Å². The van der Waals surface area contributed by atoms with Crippen LogP contribution in [-0.4, -0.2) is 23.1 Å². The van der Waals surface area contributed by atoms with Crippen LogP contribution in [0.3, 0.4) is 0 Å². The van der Waals surface area contributed by atoms with Gasteiger partial charge in [0.05, 0.1) is 11.6 Å². The number of fused-ring (bicyclic) bond motifs is 1. The van der Waals surface area contributed by atoms with Crippen LogP contribution >= 0.6 is 0 Å². The van der Waals surface area contributed by atoms with E-state index in [-0.39, 0.29) is 11.3 Å². The van der Waals surface area contributed by atoms with Gasteiger partial charge in [-0.1, -0.05) is 24.3 Å². The Balaban J connectivity index is 1.70. The van der Waals surface area contributed by atoms with Gasteiger partial charge in [-0.05, 0) is 54.1 Å². The van der Waals surface area contributed by atoms with E-state index in [4.69, 9.17) is 10.00 Å². The summed E-state index contributed by atoms with van der Waals surface area (Å²) < 4.78 is 5.18. The van der Waals surface area contributed by atoms with Crippen LogP contribution in [0.4, 0.5) is 5.69 Å². The number of amides is 1. The predicted molar refractivity (Wildman–Crippen MR) is 100 cm³/mol. The fourth-order valence-electron chi connectivity index (χ4n) is 2.54. The Kier molecular flexibility index (Phi) is 5.04. The molecule has 0 fully saturated rings. The number of carbonyl (C=O) groups excluding carboxylic acids is 2. The first-order chi connectivity index (χ1) is 13.0. The Morgan fingerprint density at radius 2 is 1.70 bits per heavy atom. The summed E-state index contributed by atoms with van der Waals surface area (Å²) in [5.41, 5.74) is 0.946. The van der Waals surface area contributed by atoms with E-state index in [0.29, 0.717) is 11.3 Å². The van der Waals surface area contributed by atoms with Crippen LogP contribution in [0.2, 0.25) is 0 Å². The summed E-state index contributed by atoms with van der Waals surface area (Å²) in [6.07, 6.45) is -1.07. The molecule has 0 aliphatic heterocycles. The monoisotopic (exact) mass is 360 g/mol. The number of phenols is 1. The zero-order chi connectivity index (χ0) is 19.4. The second-order valence-corrected chi connectivity index (χ2v) is 5.94. The number of hydrogen-bond donors (Lipinski definition) is 2. The first-order valence-electron chi connectivity index (χ1n) is 8.21. The van der Waals surface area contributed by atoms with Gasteiger partial charge in [-0.25, -0.2) is 4.79 Å². The van der Waals surface area contributed by atoms with Crippen molar-refractivity contribution in [3.05, 3.63) is 71.8 Å². The highest BCUT2D eigenvalue weighted by molar-refractivity contribution is 6.01. The molecular formula is C21H16N2O4. The van der Waals surface area contributed by atoms with Crippen molar-refractivity contribution in [1.82, 2.24) is 0 Å². The van der Waals surface area contributed by atoms with Gasteiger partial charge in [-0.2, -0.15) is 5.26 Å². The number of rotatable bonds is 4. The number of aromatic hydroxyl groups is 1. The molecule has 3 aromatic carbocycles. The first-order valence-corrected chi connectivity index (χ1v) is 8.21. The number of nitrogens with zero attached hydrogens (tertiary/aromatic N) is 1. The molecule has 3 aromatic rings. The third-order valence-corrected chi connectivity index (χ3v) is 4.02. The molecule has 134 valence electrons. The van der Waals surface area contributed by atoms with Crippen LogP contribution in [0.5, 0.6) is 5.75 Å². The largest absolute Gasteiger partial charge is 0.507 e. The maximum atomic E-state index is 12.4. The van der Waals surface area contributed by atoms with Crippen molar-refractivity contribution in [2.45, 2.75) is 13.0 Å². The molecular weight excluding hydrogens is 344 g/mol. The Bertz CT molecular complexity index is 1050. The van der Waals surface area contributed by atoms with E-state index in [0.717, 1.165) is 10.8 Å². The van der Waals surface area contributed by atoms with E-state index < -0.39 is 18.0 Å². The first kappa shape index (κ1) is 18.0. The molecule has 0 spiro atoms. The maximum absolute atomic E-state index is 12.4. The van der Waals surface area contributed by atoms with Crippen molar-refractivity contribution >= 4 is 28.3 Å². The Hall–Kier alpha value is -3.85. The standard InChI is InChI=1S/C21H16N2O4/c1-13(20(25)23-17-8-6-14(12-22)7-9-17)27-21(26)18-10-15-4-2-3-5-16(15)11-19(18)24/h2-11,13,24H,1H3,(H,23,25)/t13-/m0/s1. The van der Waals surface area contributed by atoms with E-state index in [1.807, 2.05) is 30.3 Å². The molecule has 0 aliphatic carbocycles. The summed E-state index contributed by atoms with van der Waals surface area (Å²) >= 11 is 0. The van der Waals surface area contributed by atoms with Crippen molar-refractivity contribution in [2.24, 2.45) is 0 Å². The number of esters is 1. The highest BCUT2D eigenvalue weighted by Gasteiger charge is 2.21. The van der Waals surface area contributed by atoms with Crippen LogP contribution in [0, 0.1) is 11.3 Å². The van der Waals surface area contributed by atoms with Crippen molar-refractivity contribution < 1.29 is 19.4 Å². The molecule has 2 N–H and O–H groups in total. The van der Waals surface area contributed by atoms with Crippen LogP contribution in [0.1, 0.15) is 22.8 Å². The lowest BCUT2D eigenvalue weighted by molar-refractivity contribution is -0.123. The molecule has 0 unspecified atom stereocenters. The van der Waals surface area contributed by atoms with E-state index in [1.54, 1.807) is 24.3 Å². The van der Waals surface area contributed by atoms with Gasteiger partial charge in [0.1, 0.15) is 11.3 Å². The molecule has 27 heavy (non-hydrogen) atoms. The second-order valence-electron chi connectivity index (χ2n) is 5.94. The number of benzene rings is 3. The summed E-state index contributed by atoms with van der Waals surface area (Å²) in [5.74, 6) is -1.52. The highest BCUT2D eigenvalue weighted by atomic mass is 16.5. The van der Waals surface area contributed by atoms with Gasteiger partial charge >= 0.3 is 5.97 Å². The van der Waals surface area contributed by atoms with Crippen molar-refractivity contribution in [3.63, 3.8) is 0 Å². The SMILES string of the molecule is C[C@H](OC(=O)c1cc2ccccc2cc1O)C(=O)Nc1ccc(C#N)cc1. The normalized spacial score (nSPS) is 11.4. The molecule has 3 rings (SSSR count). The summed E-state index contributed by atoms with van der Waals surface area (Å²) in [4.78, 5) is 24.6. The molecule has 0 bridgehead atoms.